The first kappa shape index (κ1) is 12.6. The van der Waals surface area contributed by atoms with Crippen LogP contribution in [0.4, 0.5) is 5.69 Å². The Morgan fingerprint density at radius 2 is 2.32 bits per heavy atom. The van der Waals surface area contributed by atoms with Gasteiger partial charge in [0, 0.05) is 16.9 Å². The van der Waals surface area contributed by atoms with Gasteiger partial charge in [0.25, 0.3) is 0 Å². The Morgan fingerprint density at radius 1 is 1.42 bits per heavy atom. The van der Waals surface area contributed by atoms with Crippen LogP contribution in [0.15, 0.2) is 29.6 Å². The number of hydrogen-bond donors (Lipinski definition) is 2. The fourth-order valence-electron chi connectivity index (χ4n) is 2.58. The SMILES string of the molecule is CC1(C(=O)Nc2ccc3sccc3c2)CCCNC1. The van der Waals surface area contributed by atoms with Crippen molar-refractivity contribution in [2.45, 2.75) is 19.8 Å². The fourth-order valence-corrected chi connectivity index (χ4v) is 3.35. The number of benzene rings is 1. The average Bonchev–Trinajstić information content (AvgIpc) is 2.87. The van der Waals surface area contributed by atoms with Gasteiger partial charge in [0.15, 0.2) is 0 Å². The van der Waals surface area contributed by atoms with E-state index in [0.717, 1.165) is 31.6 Å². The van der Waals surface area contributed by atoms with E-state index in [-0.39, 0.29) is 11.3 Å². The summed E-state index contributed by atoms with van der Waals surface area (Å²) in [5, 5.41) is 9.63. The van der Waals surface area contributed by atoms with E-state index in [0.29, 0.717) is 0 Å². The molecule has 1 aliphatic heterocycles. The van der Waals surface area contributed by atoms with Gasteiger partial charge >= 0.3 is 0 Å². The van der Waals surface area contributed by atoms with E-state index in [1.807, 2.05) is 19.1 Å². The number of carbonyl (C=O) groups excluding carboxylic acids is 1. The summed E-state index contributed by atoms with van der Waals surface area (Å²) < 4.78 is 1.25. The van der Waals surface area contributed by atoms with Crippen molar-refractivity contribution in [2.75, 3.05) is 18.4 Å². The first-order valence-corrected chi connectivity index (χ1v) is 7.55. The molecular weight excluding hydrogens is 256 g/mol. The zero-order valence-electron chi connectivity index (χ0n) is 11.0. The van der Waals surface area contributed by atoms with Gasteiger partial charge in [-0.05, 0) is 61.3 Å². The molecule has 0 bridgehead atoms. The van der Waals surface area contributed by atoms with Crippen LogP contribution in [0.3, 0.4) is 0 Å². The largest absolute Gasteiger partial charge is 0.326 e. The third-order valence-electron chi connectivity index (χ3n) is 3.86. The Labute approximate surface area is 117 Å². The molecule has 1 aromatic carbocycles. The minimum absolute atomic E-state index is 0.120. The molecule has 4 heteroatoms. The molecule has 1 amide bonds. The fraction of sp³-hybridized carbons (Fsp3) is 0.400. The Balaban J connectivity index is 1.78. The van der Waals surface area contributed by atoms with Crippen LogP contribution in [-0.4, -0.2) is 19.0 Å². The van der Waals surface area contributed by atoms with Crippen molar-refractivity contribution in [1.82, 2.24) is 5.32 Å². The molecule has 1 saturated heterocycles. The average molecular weight is 274 g/mol. The normalized spacial score (nSPS) is 23.4. The van der Waals surface area contributed by atoms with Crippen LogP contribution in [0, 0.1) is 5.41 Å². The second-order valence-electron chi connectivity index (χ2n) is 5.47. The lowest BCUT2D eigenvalue weighted by Crippen LogP contribution is -2.46. The standard InChI is InChI=1S/C15H18N2OS/c1-15(6-2-7-16-10-15)14(18)17-12-3-4-13-11(9-12)5-8-19-13/h3-5,8-9,16H,2,6-7,10H2,1H3,(H,17,18). The molecule has 19 heavy (non-hydrogen) atoms. The van der Waals surface area contributed by atoms with E-state index < -0.39 is 0 Å². The van der Waals surface area contributed by atoms with Crippen molar-refractivity contribution >= 4 is 33.0 Å². The number of piperidine rings is 1. The summed E-state index contributed by atoms with van der Waals surface area (Å²) in [5.74, 6) is 0.120. The predicted molar refractivity (Wildman–Crippen MR) is 80.7 cm³/mol. The number of nitrogens with one attached hydrogen (secondary N) is 2. The number of thiophene rings is 1. The van der Waals surface area contributed by atoms with Crippen molar-refractivity contribution in [1.29, 1.82) is 0 Å². The van der Waals surface area contributed by atoms with E-state index in [9.17, 15) is 4.79 Å². The molecule has 1 unspecified atom stereocenters. The maximum absolute atomic E-state index is 12.4. The van der Waals surface area contributed by atoms with E-state index >= 15 is 0 Å². The number of fused-ring (bicyclic) bond motifs is 1. The van der Waals surface area contributed by atoms with Crippen LogP contribution in [0.5, 0.6) is 0 Å². The first-order valence-electron chi connectivity index (χ1n) is 6.67. The smallest absolute Gasteiger partial charge is 0.231 e. The van der Waals surface area contributed by atoms with E-state index in [1.54, 1.807) is 11.3 Å². The van der Waals surface area contributed by atoms with Crippen molar-refractivity contribution < 1.29 is 4.79 Å². The van der Waals surface area contributed by atoms with Gasteiger partial charge in [-0.15, -0.1) is 11.3 Å². The topological polar surface area (TPSA) is 41.1 Å². The van der Waals surface area contributed by atoms with E-state index in [4.69, 9.17) is 0 Å². The van der Waals surface area contributed by atoms with Gasteiger partial charge in [0.2, 0.25) is 5.91 Å². The third-order valence-corrected chi connectivity index (χ3v) is 4.75. The van der Waals surface area contributed by atoms with Crippen LogP contribution in [0.25, 0.3) is 10.1 Å². The molecule has 0 spiro atoms. The predicted octanol–water partition coefficient (Wildman–Crippen LogP) is 3.23. The number of hydrogen-bond acceptors (Lipinski definition) is 3. The molecule has 100 valence electrons. The molecular formula is C15H18N2OS. The summed E-state index contributed by atoms with van der Waals surface area (Å²) in [6, 6.07) is 8.18. The Hall–Kier alpha value is -1.39. The lowest BCUT2D eigenvalue weighted by molar-refractivity contribution is -0.125. The van der Waals surface area contributed by atoms with Crippen LogP contribution in [0.1, 0.15) is 19.8 Å². The Morgan fingerprint density at radius 3 is 3.11 bits per heavy atom. The van der Waals surface area contributed by atoms with Crippen LogP contribution in [0.2, 0.25) is 0 Å². The molecule has 0 aliphatic carbocycles. The highest BCUT2D eigenvalue weighted by Crippen LogP contribution is 2.29. The van der Waals surface area contributed by atoms with Gasteiger partial charge in [0.1, 0.15) is 0 Å². The number of rotatable bonds is 2. The molecule has 0 radical (unpaired) electrons. The first-order chi connectivity index (χ1) is 9.17. The van der Waals surface area contributed by atoms with Crippen molar-refractivity contribution in [3.8, 4) is 0 Å². The van der Waals surface area contributed by atoms with Crippen LogP contribution < -0.4 is 10.6 Å². The lowest BCUT2D eigenvalue weighted by atomic mass is 9.82. The number of anilines is 1. The lowest BCUT2D eigenvalue weighted by Gasteiger charge is -2.32. The number of amides is 1. The minimum atomic E-state index is -0.290. The zero-order valence-corrected chi connectivity index (χ0v) is 11.8. The molecule has 3 rings (SSSR count). The van der Waals surface area contributed by atoms with Crippen molar-refractivity contribution in [3.05, 3.63) is 29.6 Å². The minimum Gasteiger partial charge on any atom is -0.326 e. The van der Waals surface area contributed by atoms with Crippen LogP contribution in [-0.2, 0) is 4.79 Å². The summed E-state index contributed by atoms with van der Waals surface area (Å²) in [5.41, 5.74) is 0.602. The Bertz CT molecular complexity index is 599. The monoisotopic (exact) mass is 274 g/mol. The molecule has 0 saturated carbocycles. The maximum Gasteiger partial charge on any atom is 0.231 e. The quantitative estimate of drug-likeness (QED) is 0.882. The summed E-state index contributed by atoms with van der Waals surface area (Å²) in [4.78, 5) is 12.4. The van der Waals surface area contributed by atoms with Gasteiger partial charge in [0.05, 0.1) is 5.41 Å². The summed E-state index contributed by atoms with van der Waals surface area (Å²) in [6.07, 6.45) is 2.01. The zero-order chi connectivity index (χ0) is 13.3. The molecule has 1 atom stereocenters. The molecule has 2 aromatic rings. The highest BCUT2D eigenvalue weighted by atomic mass is 32.1. The maximum atomic E-state index is 12.4. The molecule has 2 N–H and O–H groups in total. The van der Waals surface area contributed by atoms with Gasteiger partial charge in [-0.3, -0.25) is 4.79 Å². The number of carbonyl (C=O) groups is 1. The summed E-state index contributed by atoms with van der Waals surface area (Å²) in [6.45, 7) is 3.82. The van der Waals surface area contributed by atoms with Crippen molar-refractivity contribution in [2.24, 2.45) is 5.41 Å². The molecule has 3 nitrogen and oxygen atoms in total. The highest BCUT2D eigenvalue weighted by Gasteiger charge is 2.34. The second-order valence-corrected chi connectivity index (χ2v) is 6.42. The van der Waals surface area contributed by atoms with Gasteiger partial charge < -0.3 is 10.6 Å². The molecule has 1 aromatic heterocycles. The second kappa shape index (κ2) is 4.94. The highest BCUT2D eigenvalue weighted by molar-refractivity contribution is 7.17. The van der Waals surface area contributed by atoms with E-state index in [2.05, 4.69) is 28.1 Å². The van der Waals surface area contributed by atoms with Gasteiger partial charge in [-0.1, -0.05) is 0 Å². The van der Waals surface area contributed by atoms with Crippen molar-refractivity contribution in [3.63, 3.8) is 0 Å². The Kier molecular flexibility index (Phi) is 3.29. The summed E-state index contributed by atoms with van der Waals surface area (Å²) >= 11 is 1.72. The van der Waals surface area contributed by atoms with E-state index in [1.165, 1.54) is 10.1 Å². The van der Waals surface area contributed by atoms with Gasteiger partial charge in [-0.25, -0.2) is 0 Å². The van der Waals surface area contributed by atoms with Crippen LogP contribution >= 0.6 is 11.3 Å². The molecule has 2 heterocycles. The van der Waals surface area contributed by atoms with Gasteiger partial charge in [-0.2, -0.15) is 0 Å². The molecule has 1 aliphatic rings. The summed E-state index contributed by atoms with van der Waals surface area (Å²) in [7, 11) is 0. The third kappa shape index (κ3) is 2.51. The molecule has 1 fully saturated rings.